The lowest BCUT2D eigenvalue weighted by atomic mass is 9.82. The number of rotatable bonds is 3. The molecule has 2 aliphatic rings. The molecule has 2 aliphatic carbocycles. The van der Waals surface area contributed by atoms with Gasteiger partial charge in [-0.3, -0.25) is 0 Å². The van der Waals surface area contributed by atoms with Crippen molar-refractivity contribution < 1.29 is 4.42 Å². The van der Waals surface area contributed by atoms with Crippen molar-refractivity contribution in [1.29, 1.82) is 0 Å². The molecule has 0 amide bonds. The molecule has 0 spiro atoms. The summed E-state index contributed by atoms with van der Waals surface area (Å²) in [5.74, 6) is 0. The van der Waals surface area contributed by atoms with Gasteiger partial charge in [0.05, 0.1) is 16.8 Å². The van der Waals surface area contributed by atoms with Crippen LogP contribution in [-0.4, -0.2) is 0 Å². The smallest absolute Gasteiger partial charge is 0.137 e. The van der Waals surface area contributed by atoms with E-state index in [1.807, 2.05) is 6.07 Å². The molecule has 0 radical (unpaired) electrons. The third-order valence-corrected chi connectivity index (χ3v) is 9.36. The molecule has 0 atom stereocenters. The van der Waals surface area contributed by atoms with Gasteiger partial charge >= 0.3 is 0 Å². The van der Waals surface area contributed by atoms with Crippen molar-refractivity contribution in [1.82, 2.24) is 0 Å². The number of furan rings is 1. The second-order valence-corrected chi connectivity index (χ2v) is 11.6. The van der Waals surface area contributed by atoms with Gasteiger partial charge in [0.1, 0.15) is 11.2 Å². The highest BCUT2D eigenvalue weighted by Crippen LogP contribution is 2.59. The van der Waals surface area contributed by atoms with Crippen LogP contribution >= 0.6 is 0 Å². The molecule has 8 aromatic rings. The average Bonchev–Trinajstić information content (AvgIpc) is 3.42. The van der Waals surface area contributed by atoms with Crippen molar-refractivity contribution >= 4 is 39.0 Å². The molecule has 0 unspecified atom stereocenters. The molecule has 1 aromatic heterocycles. The minimum atomic E-state index is 0.886. The predicted molar refractivity (Wildman–Crippen MR) is 183 cm³/mol. The molecule has 44 heavy (non-hydrogen) atoms. The lowest BCUT2D eigenvalue weighted by Gasteiger charge is -2.30. The van der Waals surface area contributed by atoms with Crippen molar-refractivity contribution in [2.45, 2.75) is 0 Å². The normalized spacial score (nSPS) is 12.1. The fraction of sp³-hybridized carbons (Fsp3) is 0. The second-order valence-electron chi connectivity index (χ2n) is 11.6. The van der Waals surface area contributed by atoms with Crippen LogP contribution in [0, 0.1) is 0 Å². The van der Waals surface area contributed by atoms with Crippen molar-refractivity contribution in [3.8, 4) is 55.6 Å². The van der Waals surface area contributed by atoms with Gasteiger partial charge in [-0.25, -0.2) is 0 Å². The molecule has 0 saturated carbocycles. The molecular weight excluding hydrogens is 534 g/mol. The van der Waals surface area contributed by atoms with Gasteiger partial charge in [0.25, 0.3) is 0 Å². The average molecular weight is 560 g/mol. The molecule has 7 aromatic carbocycles. The molecule has 204 valence electrons. The minimum Gasteiger partial charge on any atom is -0.456 e. The van der Waals surface area contributed by atoms with Crippen LogP contribution in [0.25, 0.3) is 77.6 Å². The Labute approximate surface area is 255 Å². The Morgan fingerprint density at radius 2 is 0.864 bits per heavy atom. The van der Waals surface area contributed by atoms with Gasteiger partial charge in [0.2, 0.25) is 0 Å². The van der Waals surface area contributed by atoms with Crippen molar-refractivity contribution in [2.24, 2.45) is 0 Å². The van der Waals surface area contributed by atoms with E-state index in [9.17, 15) is 0 Å². The Morgan fingerprint density at radius 3 is 1.68 bits per heavy atom. The summed E-state index contributed by atoms with van der Waals surface area (Å²) in [6.45, 7) is 0. The zero-order valence-corrected chi connectivity index (χ0v) is 23.8. The molecule has 6 bridgehead atoms. The van der Waals surface area contributed by atoms with E-state index in [0.717, 1.165) is 39.0 Å². The van der Waals surface area contributed by atoms with Gasteiger partial charge in [0, 0.05) is 16.6 Å². The summed E-state index contributed by atoms with van der Waals surface area (Å²) in [5, 5.41) is 2.23. The lowest BCUT2D eigenvalue weighted by Crippen LogP contribution is -2.12. The Kier molecular flexibility index (Phi) is 4.75. The number of hydrogen-bond donors (Lipinski definition) is 0. The van der Waals surface area contributed by atoms with Gasteiger partial charge in [-0.15, -0.1) is 0 Å². The van der Waals surface area contributed by atoms with E-state index in [1.165, 1.54) is 55.6 Å². The standard InChI is InChI=1S/C42H25NO/c1-2-12-26(13-3-1)43(36-23-11-25-38-42(36)32-16-6-7-24-37(32)44-38)35-22-10-21-34-40-29-17-8-18-30(40)31-19-9-20-33(41(34)35)39(31)28-15-5-4-14-27(28)29/h1-25H. The van der Waals surface area contributed by atoms with Crippen LogP contribution in [0.3, 0.4) is 0 Å². The highest BCUT2D eigenvalue weighted by atomic mass is 16.3. The summed E-state index contributed by atoms with van der Waals surface area (Å²) in [6, 6.07) is 54.8. The monoisotopic (exact) mass is 559 g/mol. The van der Waals surface area contributed by atoms with Crippen LogP contribution in [-0.2, 0) is 0 Å². The van der Waals surface area contributed by atoms with Crippen LogP contribution in [0.5, 0.6) is 0 Å². The van der Waals surface area contributed by atoms with Crippen molar-refractivity contribution in [2.75, 3.05) is 4.90 Å². The zero-order valence-electron chi connectivity index (χ0n) is 23.8. The maximum absolute atomic E-state index is 6.39. The molecule has 1 heterocycles. The molecule has 0 saturated heterocycles. The number of nitrogens with zero attached hydrogens (tertiary/aromatic N) is 1. The topological polar surface area (TPSA) is 16.4 Å². The first-order chi connectivity index (χ1) is 21.9. The molecule has 10 rings (SSSR count). The number of para-hydroxylation sites is 2. The number of benzene rings is 7. The second kappa shape index (κ2) is 8.82. The Morgan fingerprint density at radius 1 is 0.341 bits per heavy atom. The SMILES string of the molecule is c1ccc(N(c2cccc3c2-c2cccc4c2-c2ccccc2-c2cccc-4c2-3)c2cccc3oc4ccccc4c23)cc1. The highest BCUT2D eigenvalue weighted by molar-refractivity contribution is 6.18. The Bertz CT molecular complexity index is 2420. The molecule has 2 nitrogen and oxygen atoms in total. The maximum Gasteiger partial charge on any atom is 0.137 e. The highest BCUT2D eigenvalue weighted by Gasteiger charge is 2.33. The van der Waals surface area contributed by atoms with E-state index in [0.29, 0.717) is 0 Å². The molecule has 0 fully saturated rings. The van der Waals surface area contributed by atoms with E-state index < -0.39 is 0 Å². The summed E-state index contributed by atoms with van der Waals surface area (Å²) < 4.78 is 6.39. The van der Waals surface area contributed by atoms with Gasteiger partial charge < -0.3 is 9.32 Å². The predicted octanol–water partition coefficient (Wildman–Crippen LogP) is 12.0. The van der Waals surface area contributed by atoms with Gasteiger partial charge in [-0.1, -0.05) is 115 Å². The van der Waals surface area contributed by atoms with Crippen molar-refractivity contribution in [3.63, 3.8) is 0 Å². The zero-order chi connectivity index (χ0) is 28.8. The van der Waals surface area contributed by atoms with E-state index >= 15 is 0 Å². The van der Waals surface area contributed by atoms with E-state index in [4.69, 9.17) is 4.42 Å². The van der Waals surface area contributed by atoms with Gasteiger partial charge in [-0.05, 0) is 86.5 Å². The first-order valence-corrected chi connectivity index (χ1v) is 15.1. The first kappa shape index (κ1) is 23.7. The summed E-state index contributed by atoms with van der Waals surface area (Å²) in [7, 11) is 0. The minimum absolute atomic E-state index is 0.886. The summed E-state index contributed by atoms with van der Waals surface area (Å²) in [6.07, 6.45) is 0. The first-order valence-electron chi connectivity index (χ1n) is 15.1. The van der Waals surface area contributed by atoms with E-state index in [1.54, 1.807) is 0 Å². The largest absolute Gasteiger partial charge is 0.456 e. The van der Waals surface area contributed by atoms with E-state index in [-0.39, 0.29) is 0 Å². The molecule has 2 heteroatoms. The Hall–Kier alpha value is -5.86. The van der Waals surface area contributed by atoms with Crippen molar-refractivity contribution in [3.05, 3.63) is 152 Å². The quantitative estimate of drug-likeness (QED) is 0.214. The van der Waals surface area contributed by atoms with Gasteiger partial charge in [0.15, 0.2) is 0 Å². The number of anilines is 3. The number of hydrogen-bond acceptors (Lipinski definition) is 2. The van der Waals surface area contributed by atoms with Crippen LogP contribution in [0.4, 0.5) is 17.1 Å². The third kappa shape index (κ3) is 3.09. The van der Waals surface area contributed by atoms with Crippen LogP contribution in [0.15, 0.2) is 156 Å². The fourth-order valence-electron chi connectivity index (χ4n) is 7.65. The lowest BCUT2D eigenvalue weighted by molar-refractivity contribution is 0.669. The summed E-state index contributed by atoms with van der Waals surface area (Å²) in [5.41, 5.74) is 17.9. The van der Waals surface area contributed by atoms with Crippen LogP contribution in [0.2, 0.25) is 0 Å². The van der Waals surface area contributed by atoms with Crippen LogP contribution in [0.1, 0.15) is 0 Å². The van der Waals surface area contributed by atoms with Gasteiger partial charge in [-0.2, -0.15) is 0 Å². The fourth-order valence-corrected chi connectivity index (χ4v) is 7.65. The van der Waals surface area contributed by atoms with Crippen LogP contribution < -0.4 is 4.90 Å². The molecule has 0 aliphatic heterocycles. The molecular formula is C42H25NO. The summed E-state index contributed by atoms with van der Waals surface area (Å²) >= 11 is 0. The maximum atomic E-state index is 6.39. The van der Waals surface area contributed by atoms with E-state index in [2.05, 4.69) is 150 Å². The molecule has 0 N–H and O–H groups in total. The third-order valence-electron chi connectivity index (χ3n) is 9.36. The Balaban J connectivity index is 1.37. The summed E-state index contributed by atoms with van der Waals surface area (Å²) in [4.78, 5) is 2.43. The number of fused-ring (bicyclic) bond motifs is 7.